The zero-order chi connectivity index (χ0) is 18.8. The lowest BCUT2D eigenvalue weighted by molar-refractivity contribution is 0.122. The largest absolute Gasteiger partial charge is 0.378 e. The van der Waals surface area contributed by atoms with Crippen LogP contribution in [0.25, 0.3) is 0 Å². The van der Waals surface area contributed by atoms with Crippen molar-refractivity contribution in [3.05, 3.63) is 23.8 Å². The Labute approximate surface area is 157 Å². The monoisotopic (exact) mass is 374 g/mol. The molecule has 0 bridgehead atoms. The molecule has 2 aromatic rings. The number of nitrogen functional groups attached to an aromatic ring is 1. The zero-order valence-corrected chi connectivity index (χ0v) is 15.3. The number of halogens is 1. The first kappa shape index (κ1) is 17.7. The highest BCUT2D eigenvalue weighted by atomic mass is 19.1. The number of rotatable bonds is 3. The number of aryl methyl sites for hydroxylation is 1. The van der Waals surface area contributed by atoms with Gasteiger partial charge in [-0.25, -0.2) is 14.4 Å². The van der Waals surface area contributed by atoms with Gasteiger partial charge in [0.15, 0.2) is 11.6 Å². The molecule has 2 aliphatic heterocycles. The third-order valence-corrected chi connectivity index (χ3v) is 4.77. The van der Waals surface area contributed by atoms with E-state index in [1.165, 1.54) is 6.20 Å². The molecule has 2 fully saturated rings. The van der Waals surface area contributed by atoms with E-state index >= 15 is 0 Å². The Morgan fingerprint density at radius 2 is 1.67 bits per heavy atom. The quantitative estimate of drug-likeness (QED) is 0.822. The van der Waals surface area contributed by atoms with Gasteiger partial charge >= 0.3 is 0 Å². The Hall–Kier alpha value is -2.75. The van der Waals surface area contributed by atoms with Crippen LogP contribution in [-0.4, -0.2) is 72.4 Å². The van der Waals surface area contributed by atoms with Gasteiger partial charge in [0, 0.05) is 51.0 Å². The van der Waals surface area contributed by atoms with Gasteiger partial charge in [-0.15, -0.1) is 0 Å². The second-order valence-corrected chi connectivity index (χ2v) is 6.64. The molecule has 10 heteroatoms. The lowest BCUT2D eigenvalue weighted by Gasteiger charge is -2.36. The number of nitrogens with two attached hydrogens (primary N) is 1. The van der Waals surface area contributed by atoms with Gasteiger partial charge in [0.05, 0.1) is 19.4 Å². The van der Waals surface area contributed by atoms with Crippen molar-refractivity contribution in [1.82, 2.24) is 19.9 Å². The summed E-state index contributed by atoms with van der Waals surface area (Å²) in [5.41, 5.74) is 6.60. The second kappa shape index (κ2) is 7.47. The predicted octanol–water partition coefficient (Wildman–Crippen LogP) is 0.460. The molecule has 0 aliphatic carbocycles. The van der Waals surface area contributed by atoms with Gasteiger partial charge in [-0.3, -0.25) is 0 Å². The maximum absolute atomic E-state index is 14.2. The minimum Gasteiger partial charge on any atom is -0.378 e. The predicted molar refractivity (Wildman–Crippen MR) is 101 cm³/mol. The van der Waals surface area contributed by atoms with Crippen LogP contribution in [0.1, 0.15) is 5.69 Å². The van der Waals surface area contributed by atoms with E-state index < -0.39 is 5.82 Å². The number of hydrogen-bond donors (Lipinski definition) is 1. The highest BCUT2D eigenvalue weighted by Crippen LogP contribution is 2.22. The molecular weight excluding hydrogens is 351 g/mol. The molecule has 0 atom stereocenters. The summed E-state index contributed by atoms with van der Waals surface area (Å²) in [4.78, 5) is 23.3. The van der Waals surface area contributed by atoms with Crippen molar-refractivity contribution in [3.8, 4) is 0 Å². The van der Waals surface area contributed by atoms with Crippen molar-refractivity contribution in [2.45, 2.75) is 6.92 Å². The summed E-state index contributed by atoms with van der Waals surface area (Å²) >= 11 is 0. The molecule has 0 saturated carbocycles. The van der Waals surface area contributed by atoms with Crippen LogP contribution >= 0.6 is 0 Å². The van der Waals surface area contributed by atoms with Crippen LogP contribution in [0.15, 0.2) is 12.3 Å². The molecule has 0 spiro atoms. The SMILES string of the molecule is Cc1cc(N2CCN(c3ncc(F)c(N4CCOCC4)n3)CC2)nc(N)n1. The lowest BCUT2D eigenvalue weighted by Crippen LogP contribution is -2.47. The average Bonchev–Trinajstić information content (AvgIpc) is 2.68. The maximum Gasteiger partial charge on any atom is 0.227 e. The summed E-state index contributed by atoms with van der Waals surface area (Å²) < 4.78 is 19.6. The first-order chi connectivity index (χ1) is 13.1. The van der Waals surface area contributed by atoms with E-state index in [9.17, 15) is 4.39 Å². The van der Waals surface area contributed by atoms with Crippen molar-refractivity contribution in [3.63, 3.8) is 0 Å². The number of nitrogens with zero attached hydrogens (tertiary/aromatic N) is 7. The van der Waals surface area contributed by atoms with E-state index in [-0.39, 0.29) is 5.95 Å². The van der Waals surface area contributed by atoms with Crippen LogP contribution < -0.4 is 20.4 Å². The van der Waals surface area contributed by atoms with Gasteiger partial charge in [-0.1, -0.05) is 0 Å². The number of anilines is 4. The van der Waals surface area contributed by atoms with E-state index in [1.807, 2.05) is 17.9 Å². The fourth-order valence-electron chi connectivity index (χ4n) is 3.37. The molecule has 0 radical (unpaired) electrons. The number of ether oxygens (including phenoxy) is 1. The summed E-state index contributed by atoms with van der Waals surface area (Å²) in [6, 6.07) is 1.93. The lowest BCUT2D eigenvalue weighted by atomic mass is 10.3. The zero-order valence-electron chi connectivity index (χ0n) is 15.3. The van der Waals surface area contributed by atoms with Crippen molar-refractivity contribution < 1.29 is 9.13 Å². The number of hydrogen-bond acceptors (Lipinski definition) is 9. The van der Waals surface area contributed by atoms with Crippen LogP contribution in [0.3, 0.4) is 0 Å². The van der Waals surface area contributed by atoms with Gasteiger partial charge in [0.1, 0.15) is 5.82 Å². The fourth-order valence-corrected chi connectivity index (χ4v) is 3.37. The summed E-state index contributed by atoms with van der Waals surface area (Å²) in [7, 11) is 0. The minimum atomic E-state index is -0.397. The number of aromatic nitrogens is 4. The van der Waals surface area contributed by atoms with Gasteiger partial charge in [-0.05, 0) is 6.92 Å². The Morgan fingerprint density at radius 1 is 0.963 bits per heavy atom. The summed E-state index contributed by atoms with van der Waals surface area (Å²) in [5, 5.41) is 0. The maximum atomic E-state index is 14.2. The Balaban J connectivity index is 1.46. The van der Waals surface area contributed by atoms with E-state index in [1.54, 1.807) is 0 Å². The van der Waals surface area contributed by atoms with Crippen molar-refractivity contribution >= 4 is 23.5 Å². The number of morpholine rings is 1. The van der Waals surface area contributed by atoms with Gasteiger partial charge < -0.3 is 25.2 Å². The molecule has 2 aliphatic rings. The topological polar surface area (TPSA) is 96.5 Å². The summed E-state index contributed by atoms with van der Waals surface area (Å²) in [6.07, 6.45) is 1.26. The van der Waals surface area contributed by atoms with Crippen LogP contribution in [-0.2, 0) is 4.74 Å². The normalized spacial score (nSPS) is 18.1. The molecule has 0 aromatic carbocycles. The standard InChI is InChI=1S/C17H23FN8O/c1-12-10-14(22-16(19)21-12)24-2-4-26(5-3-24)17-20-11-13(18)15(23-17)25-6-8-27-9-7-25/h10-11H,2-9H2,1H3,(H2,19,21,22). The second-order valence-electron chi connectivity index (χ2n) is 6.64. The van der Waals surface area contributed by atoms with Gasteiger partial charge in [0.25, 0.3) is 0 Å². The number of piperazine rings is 1. The van der Waals surface area contributed by atoms with Crippen molar-refractivity contribution in [2.24, 2.45) is 0 Å². The molecule has 2 saturated heterocycles. The molecule has 2 aromatic heterocycles. The van der Waals surface area contributed by atoms with Crippen LogP contribution in [0.2, 0.25) is 0 Å². The fraction of sp³-hybridized carbons (Fsp3) is 0.529. The van der Waals surface area contributed by atoms with Gasteiger partial charge in [0.2, 0.25) is 11.9 Å². The van der Waals surface area contributed by atoms with Crippen LogP contribution in [0.5, 0.6) is 0 Å². The molecule has 4 heterocycles. The summed E-state index contributed by atoms with van der Waals surface area (Å²) in [5.74, 6) is 1.62. The first-order valence-electron chi connectivity index (χ1n) is 9.06. The van der Waals surface area contributed by atoms with E-state index in [2.05, 4.69) is 29.7 Å². The molecule has 4 rings (SSSR count). The van der Waals surface area contributed by atoms with Crippen molar-refractivity contribution in [2.75, 3.05) is 72.9 Å². The molecule has 2 N–H and O–H groups in total. The van der Waals surface area contributed by atoms with Gasteiger partial charge in [-0.2, -0.15) is 9.97 Å². The Kier molecular flexibility index (Phi) is 4.88. The van der Waals surface area contributed by atoms with E-state index in [4.69, 9.17) is 10.5 Å². The molecule has 144 valence electrons. The Morgan fingerprint density at radius 3 is 2.37 bits per heavy atom. The highest BCUT2D eigenvalue weighted by Gasteiger charge is 2.23. The Bertz CT molecular complexity index is 785. The first-order valence-corrected chi connectivity index (χ1v) is 9.06. The summed E-state index contributed by atoms with van der Waals surface area (Å²) in [6.45, 7) is 7.28. The molecular formula is C17H23FN8O. The smallest absolute Gasteiger partial charge is 0.227 e. The van der Waals surface area contributed by atoms with Crippen molar-refractivity contribution in [1.29, 1.82) is 0 Å². The van der Waals surface area contributed by atoms with E-state index in [0.717, 1.165) is 37.7 Å². The molecule has 0 amide bonds. The van der Waals surface area contributed by atoms with Crippen LogP contribution in [0, 0.1) is 12.7 Å². The van der Waals surface area contributed by atoms with E-state index in [0.29, 0.717) is 38.1 Å². The third-order valence-electron chi connectivity index (χ3n) is 4.77. The third kappa shape index (κ3) is 3.85. The average molecular weight is 374 g/mol. The van der Waals surface area contributed by atoms with Crippen LogP contribution in [0.4, 0.5) is 27.9 Å². The highest BCUT2D eigenvalue weighted by molar-refractivity contribution is 5.48. The molecule has 0 unspecified atom stereocenters. The molecule has 9 nitrogen and oxygen atoms in total. The molecule has 27 heavy (non-hydrogen) atoms. The minimum absolute atomic E-state index is 0.282.